The molecule has 31 heavy (non-hydrogen) atoms. The molecule has 1 aliphatic rings. The maximum Gasteiger partial charge on any atom is 0.271 e. The SMILES string of the molecule is C=Cc1nc(CCN2CC(c3nc(C(=O)NCc4ncccc4Cl)cs3)C2)[nH]c1C=C. The van der Waals surface area contributed by atoms with Crippen molar-refractivity contribution in [2.45, 2.75) is 18.9 Å². The van der Waals surface area contributed by atoms with E-state index in [1.807, 2.05) is 5.38 Å². The van der Waals surface area contributed by atoms with Crippen LogP contribution in [0.1, 0.15) is 44.3 Å². The monoisotopic (exact) mass is 454 g/mol. The van der Waals surface area contributed by atoms with Crippen LogP contribution in [0, 0.1) is 0 Å². The van der Waals surface area contributed by atoms with Crippen LogP contribution in [0.3, 0.4) is 0 Å². The van der Waals surface area contributed by atoms with Gasteiger partial charge in [0.15, 0.2) is 0 Å². The Morgan fingerprint density at radius 2 is 2.19 bits per heavy atom. The molecule has 2 N–H and O–H groups in total. The topological polar surface area (TPSA) is 86.8 Å². The lowest BCUT2D eigenvalue weighted by atomic mass is 10.0. The molecular formula is C22H23ClN6OS. The van der Waals surface area contributed by atoms with E-state index in [1.165, 1.54) is 11.3 Å². The molecule has 0 atom stereocenters. The average molecular weight is 455 g/mol. The molecule has 0 aliphatic carbocycles. The minimum absolute atomic E-state index is 0.214. The number of hydrogen-bond donors (Lipinski definition) is 2. The summed E-state index contributed by atoms with van der Waals surface area (Å²) in [6, 6.07) is 3.51. The van der Waals surface area contributed by atoms with Crippen LogP contribution in [0.25, 0.3) is 12.2 Å². The lowest BCUT2D eigenvalue weighted by molar-refractivity contribution is 0.0945. The highest BCUT2D eigenvalue weighted by Crippen LogP contribution is 2.29. The molecule has 0 bridgehead atoms. The largest absolute Gasteiger partial charge is 0.345 e. The van der Waals surface area contributed by atoms with Crippen LogP contribution in [0.15, 0.2) is 36.9 Å². The highest BCUT2D eigenvalue weighted by atomic mass is 35.5. The zero-order valence-electron chi connectivity index (χ0n) is 17.0. The number of thiazole rings is 1. The van der Waals surface area contributed by atoms with Gasteiger partial charge in [-0.15, -0.1) is 11.3 Å². The maximum absolute atomic E-state index is 12.4. The quantitative estimate of drug-likeness (QED) is 0.514. The zero-order chi connectivity index (χ0) is 21.8. The first-order valence-electron chi connectivity index (χ1n) is 9.96. The standard InChI is InChI=1S/C22H23ClN6OS/c1-3-16-17(4-2)27-20(26-16)7-9-29-11-14(12-29)22-28-19(13-31-22)21(30)25-10-18-15(23)6-5-8-24-18/h3-6,8,13-14H,1-2,7,9-12H2,(H,25,30)(H,26,27). The van der Waals surface area contributed by atoms with Crippen molar-refractivity contribution in [1.29, 1.82) is 0 Å². The van der Waals surface area contributed by atoms with E-state index in [0.29, 0.717) is 22.3 Å². The first kappa shape index (κ1) is 21.4. The van der Waals surface area contributed by atoms with Crippen LogP contribution in [0.2, 0.25) is 5.02 Å². The Bertz CT molecular complexity index is 1080. The van der Waals surface area contributed by atoms with Crippen molar-refractivity contribution in [2.24, 2.45) is 0 Å². The van der Waals surface area contributed by atoms with Crippen molar-refractivity contribution in [2.75, 3.05) is 19.6 Å². The smallest absolute Gasteiger partial charge is 0.271 e. The Morgan fingerprint density at radius 1 is 1.35 bits per heavy atom. The van der Waals surface area contributed by atoms with Gasteiger partial charge in [-0.3, -0.25) is 9.78 Å². The van der Waals surface area contributed by atoms with Gasteiger partial charge in [-0.2, -0.15) is 0 Å². The fourth-order valence-electron chi connectivity index (χ4n) is 3.44. The summed E-state index contributed by atoms with van der Waals surface area (Å²) in [5.74, 6) is 1.09. The summed E-state index contributed by atoms with van der Waals surface area (Å²) in [7, 11) is 0. The van der Waals surface area contributed by atoms with Gasteiger partial charge in [0.2, 0.25) is 0 Å². The normalized spacial score (nSPS) is 14.2. The van der Waals surface area contributed by atoms with Crippen molar-refractivity contribution in [3.8, 4) is 0 Å². The second-order valence-electron chi connectivity index (χ2n) is 7.28. The van der Waals surface area contributed by atoms with Gasteiger partial charge in [0.05, 0.1) is 33.7 Å². The fourth-order valence-corrected chi connectivity index (χ4v) is 4.51. The van der Waals surface area contributed by atoms with E-state index in [-0.39, 0.29) is 12.5 Å². The highest BCUT2D eigenvalue weighted by Gasteiger charge is 2.30. The molecule has 1 amide bonds. The number of halogens is 1. The van der Waals surface area contributed by atoms with E-state index in [2.05, 4.69) is 43.3 Å². The number of H-pyrrole nitrogens is 1. The number of likely N-dealkylation sites (tertiary alicyclic amines) is 1. The van der Waals surface area contributed by atoms with Gasteiger partial charge in [-0.25, -0.2) is 9.97 Å². The maximum atomic E-state index is 12.4. The molecule has 7 nitrogen and oxygen atoms in total. The van der Waals surface area contributed by atoms with E-state index >= 15 is 0 Å². The Morgan fingerprint density at radius 3 is 2.90 bits per heavy atom. The van der Waals surface area contributed by atoms with Gasteiger partial charge in [-0.05, 0) is 24.3 Å². The predicted octanol–water partition coefficient (Wildman–Crippen LogP) is 3.77. The first-order chi connectivity index (χ1) is 15.1. The number of aromatic amines is 1. The molecule has 4 heterocycles. The van der Waals surface area contributed by atoms with Gasteiger partial charge in [0, 0.05) is 43.5 Å². The molecule has 1 saturated heterocycles. The molecule has 160 valence electrons. The van der Waals surface area contributed by atoms with Crippen molar-refractivity contribution in [3.05, 3.63) is 75.5 Å². The van der Waals surface area contributed by atoms with E-state index in [1.54, 1.807) is 30.5 Å². The lowest BCUT2D eigenvalue weighted by Gasteiger charge is -2.37. The molecule has 1 fully saturated rings. The van der Waals surface area contributed by atoms with Crippen LogP contribution < -0.4 is 5.32 Å². The highest BCUT2D eigenvalue weighted by molar-refractivity contribution is 7.10. The van der Waals surface area contributed by atoms with Crippen molar-refractivity contribution in [3.63, 3.8) is 0 Å². The molecule has 3 aromatic rings. The van der Waals surface area contributed by atoms with Gasteiger partial charge in [0.1, 0.15) is 11.5 Å². The number of amides is 1. The molecule has 0 saturated carbocycles. The molecule has 0 unspecified atom stereocenters. The molecule has 0 aromatic carbocycles. The van der Waals surface area contributed by atoms with Crippen LogP contribution in [0.4, 0.5) is 0 Å². The van der Waals surface area contributed by atoms with E-state index < -0.39 is 0 Å². The summed E-state index contributed by atoms with van der Waals surface area (Å²) >= 11 is 7.61. The third-order valence-corrected chi connectivity index (χ3v) is 6.54. The number of aromatic nitrogens is 4. The first-order valence-corrected chi connectivity index (χ1v) is 11.2. The minimum Gasteiger partial charge on any atom is -0.345 e. The minimum atomic E-state index is -0.214. The van der Waals surface area contributed by atoms with Gasteiger partial charge in [-0.1, -0.05) is 24.8 Å². The number of hydrogen-bond acceptors (Lipinski definition) is 6. The molecule has 3 aromatic heterocycles. The third-order valence-electron chi connectivity index (χ3n) is 5.18. The molecule has 4 rings (SSSR count). The number of carbonyl (C=O) groups is 1. The molecule has 1 aliphatic heterocycles. The van der Waals surface area contributed by atoms with Crippen molar-refractivity contribution < 1.29 is 4.79 Å². The van der Waals surface area contributed by atoms with E-state index in [4.69, 9.17) is 11.6 Å². The van der Waals surface area contributed by atoms with Crippen molar-refractivity contribution >= 4 is 41.0 Å². The fraction of sp³-hybridized carbons (Fsp3) is 0.273. The summed E-state index contributed by atoms with van der Waals surface area (Å²) in [5, 5.41) is 6.17. The lowest BCUT2D eigenvalue weighted by Crippen LogP contribution is -2.45. The number of nitrogens with zero attached hydrogens (tertiary/aromatic N) is 4. The van der Waals surface area contributed by atoms with Gasteiger partial charge in [0.25, 0.3) is 5.91 Å². The molecular weight excluding hydrogens is 432 g/mol. The molecule has 0 radical (unpaired) electrons. The van der Waals surface area contributed by atoms with Crippen molar-refractivity contribution in [1.82, 2.24) is 30.2 Å². The third kappa shape index (κ3) is 4.92. The summed E-state index contributed by atoms with van der Waals surface area (Å²) < 4.78 is 0. The number of rotatable bonds is 9. The van der Waals surface area contributed by atoms with E-state index in [0.717, 1.165) is 48.3 Å². The second-order valence-corrected chi connectivity index (χ2v) is 8.58. The van der Waals surface area contributed by atoms with Gasteiger partial charge < -0.3 is 15.2 Å². The van der Waals surface area contributed by atoms with E-state index in [9.17, 15) is 4.79 Å². The Kier molecular flexibility index (Phi) is 6.60. The second kappa shape index (κ2) is 9.55. The van der Waals surface area contributed by atoms with Crippen LogP contribution in [-0.2, 0) is 13.0 Å². The summed E-state index contributed by atoms with van der Waals surface area (Å²) in [6.45, 7) is 10.6. The van der Waals surface area contributed by atoms with Gasteiger partial charge >= 0.3 is 0 Å². The molecule has 0 spiro atoms. The predicted molar refractivity (Wildman–Crippen MR) is 124 cm³/mol. The summed E-state index contributed by atoms with van der Waals surface area (Å²) in [5.41, 5.74) is 2.82. The number of nitrogens with one attached hydrogen (secondary N) is 2. The number of pyridine rings is 1. The summed E-state index contributed by atoms with van der Waals surface area (Å²) in [6.07, 6.45) is 5.98. The molecule has 9 heteroatoms. The van der Waals surface area contributed by atoms with Crippen LogP contribution in [-0.4, -0.2) is 50.4 Å². The Balaban J connectivity index is 1.24. The number of imidazole rings is 1. The Hall–Kier alpha value is -2.81. The van der Waals surface area contributed by atoms with Crippen LogP contribution in [0.5, 0.6) is 0 Å². The number of carbonyl (C=O) groups excluding carboxylic acids is 1. The zero-order valence-corrected chi connectivity index (χ0v) is 18.5. The summed E-state index contributed by atoms with van der Waals surface area (Å²) in [4.78, 5) is 31.3. The average Bonchev–Trinajstić information content (AvgIpc) is 3.39. The van der Waals surface area contributed by atoms with Crippen LogP contribution >= 0.6 is 22.9 Å². The Labute approximate surface area is 189 Å².